The number of carbonyl (C=O) groups excluding carboxylic acids is 2. The van der Waals surface area contributed by atoms with Crippen molar-refractivity contribution in [2.75, 3.05) is 23.7 Å². The van der Waals surface area contributed by atoms with Crippen LogP contribution >= 0.6 is 11.3 Å². The second kappa shape index (κ2) is 9.95. The van der Waals surface area contributed by atoms with Gasteiger partial charge in [0.15, 0.2) is 0 Å². The number of nitrogens with one attached hydrogen (secondary N) is 1. The normalized spacial score (nSPS) is 22.6. The van der Waals surface area contributed by atoms with Crippen molar-refractivity contribution in [3.8, 4) is 0 Å². The maximum Gasteiger partial charge on any atom is 0.228 e. The molecule has 0 spiro atoms. The van der Waals surface area contributed by atoms with E-state index >= 15 is 0 Å². The number of amides is 2. The maximum absolute atomic E-state index is 13.4. The minimum atomic E-state index is -3.22. The number of hydrogen-bond acceptors (Lipinski definition) is 5. The number of nitrogens with zero attached hydrogens (tertiary/aromatic N) is 2. The van der Waals surface area contributed by atoms with Gasteiger partial charge in [-0.15, -0.1) is 11.3 Å². The number of hydrogen-bond donors (Lipinski definition) is 1. The van der Waals surface area contributed by atoms with E-state index in [4.69, 9.17) is 0 Å². The number of thiophene rings is 1. The van der Waals surface area contributed by atoms with E-state index in [1.54, 1.807) is 16.2 Å². The van der Waals surface area contributed by atoms with Crippen molar-refractivity contribution in [1.29, 1.82) is 0 Å². The third-order valence-electron chi connectivity index (χ3n) is 6.46. The lowest BCUT2D eigenvalue weighted by Gasteiger charge is -2.33. The molecule has 2 aliphatic heterocycles. The average molecular weight is 490 g/mol. The summed E-state index contributed by atoms with van der Waals surface area (Å²) < 4.78 is 26.2. The van der Waals surface area contributed by atoms with Crippen molar-refractivity contribution in [3.05, 3.63) is 52.2 Å². The number of sulfonamides is 1. The summed E-state index contributed by atoms with van der Waals surface area (Å²) >= 11 is 1.55. The van der Waals surface area contributed by atoms with E-state index in [0.717, 1.165) is 16.1 Å². The van der Waals surface area contributed by atoms with Gasteiger partial charge in [0.25, 0.3) is 0 Å². The van der Waals surface area contributed by atoms with Crippen LogP contribution in [0.1, 0.15) is 49.1 Å². The summed E-state index contributed by atoms with van der Waals surface area (Å²) in [6, 6.07) is 11.3. The lowest BCUT2D eigenvalue weighted by molar-refractivity contribution is -0.127. The van der Waals surface area contributed by atoms with Crippen molar-refractivity contribution in [2.45, 2.75) is 51.6 Å². The Morgan fingerprint density at radius 1 is 1.15 bits per heavy atom. The molecular formula is C24H31N3O4S2. The van der Waals surface area contributed by atoms with Crippen molar-refractivity contribution < 1.29 is 18.0 Å². The van der Waals surface area contributed by atoms with Crippen LogP contribution in [0.25, 0.3) is 0 Å². The first-order valence-corrected chi connectivity index (χ1v) is 14.0. The molecule has 0 radical (unpaired) electrons. The van der Waals surface area contributed by atoms with Crippen LogP contribution < -0.4 is 10.2 Å². The molecule has 2 aromatic rings. The molecule has 33 heavy (non-hydrogen) atoms. The zero-order valence-electron chi connectivity index (χ0n) is 19.1. The molecule has 1 aromatic carbocycles. The van der Waals surface area contributed by atoms with Crippen LogP contribution in [-0.2, 0) is 19.6 Å². The molecule has 4 rings (SSSR count). The van der Waals surface area contributed by atoms with Crippen LogP contribution in [0.3, 0.4) is 0 Å². The van der Waals surface area contributed by atoms with Crippen LogP contribution in [0.4, 0.5) is 5.69 Å². The average Bonchev–Trinajstić information content (AvgIpc) is 3.42. The van der Waals surface area contributed by atoms with Gasteiger partial charge in [-0.1, -0.05) is 30.7 Å². The number of piperidine rings is 1. The molecule has 2 amide bonds. The number of rotatable bonds is 7. The topological polar surface area (TPSA) is 86.8 Å². The fourth-order valence-corrected chi connectivity index (χ4v) is 7.16. The largest absolute Gasteiger partial charge is 0.353 e. The van der Waals surface area contributed by atoms with Crippen LogP contribution in [0, 0.1) is 12.8 Å². The Hall–Kier alpha value is -2.23. The predicted octanol–water partition coefficient (Wildman–Crippen LogP) is 3.47. The van der Waals surface area contributed by atoms with Gasteiger partial charge in [-0.05, 0) is 49.8 Å². The van der Waals surface area contributed by atoms with Gasteiger partial charge in [-0.2, -0.15) is 0 Å². The maximum atomic E-state index is 13.4. The summed E-state index contributed by atoms with van der Waals surface area (Å²) in [5.74, 6) is -0.519. The molecule has 2 aliphatic rings. The summed E-state index contributed by atoms with van der Waals surface area (Å²) in [5.41, 5.74) is 1.91. The number of anilines is 1. The third-order valence-corrected chi connectivity index (χ3v) is 9.48. The lowest BCUT2D eigenvalue weighted by Crippen LogP contribution is -2.48. The van der Waals surface area contributed by atoms with E-state index in [-0.39, 0.29) is 36.1 Å². The van der Waals surface area contributed by atoms with Crippen LogP contribution in [0.5, 0.6) is 0 Å². The smallest absolute Gasteiger partial charge is 0.228 e. The van der Waals surface area contributed by atoms with Gasteiger partial charge in [0, 0.05) is 36.1 Å². The van der Waals surface area contributed by atoms with E-state index in [1.165, 1.54) is 4.31 Å². The monoisotopic (exact) mass is 489 g/mol. The first kappa shape index (κ1) is 23.9. The second-order valence-corrected chi connectivity index (χ2v) is 11.9. The predicted molar refractivity (Wildman–Crippen MR) is 131 cm³/mol. The van der Waals surface area contributed by atoms with Gasteiger partial charge in [0.1, 0.15) is 0 Å². The molecule has 1 N–H and O–H groups in total. The molecule has 1 aromatic heterocycles. The van der Waals surface area contributed by atoms with Crippen LogP contribution in [0.2, 0.25) is 0 Å². The number of aryl methyl sites for hydroxylation is 1. The summed E-state index contributed by atoms with van der Waals surface area (Å²) in [6.07, 6.45) is 1.92. The zero-order valence-corrected chi connectivity index (χ0v) is 20.7. The Labute approximate surface area is 199 Å². The van der Waals surface area contributed by atoms with Gasteiger partial charge < -0.3 is 10.2 Å². The van der Waals surface area contributed by atoms with Crippen molar-refractivity contribution in [2.24, 2.45) is 5.92 Å². The highest BCUT2D eigenvalue weighted by Gasteiger charge is 2.46. The summed E-state index contributed by atoms with van der Waals surface area (Å²) in [4.78, 5) is 29.2. The molecule has 2 saturated heterocycles. The highest BCUT2D eigenvalue weighted by Crippen LogP contribution is 2.43. The lowest BCUT2D eigenvalue weighted by atomic mass is 9.96. The van der Waals surface area contributed by atoms with Crippen molar-refractivity contribution >= 4 is 38.9 Å². The minimum Gasteiger partial charge on any atom is -0.353 e. The van der Waals surface area contributed by atoms with Crippen LogP contribution in [0.15, 0.2) is 41.8 Å². The fraction of sp³-hybridized carbons (Fsp3) is 0.500. The van der Waals surface area contributed by atoms with E-state index in [9.17, 15) is 18.0 Å². The standard InChI is InChI=1S/C24H31N3O4S2/c1-3-15-33(30,31)26-12-10-18(11-13-26)25-24(29)20-16-22(28)27(19-8-6-17(2)7-9-19)23(20)21-5-4-14-32-21/h4-9,14,18,20,23H,3,10-13,15-16H2,1-2H3,(H,25,29). The van der Waals surface area contributed by atoms with Gasteiger partial charge in [0.2, 0.25) is 21.8 Å². The zero-order chi connectivity index (χ0) is 23.6. The van der Waals surface area contributed by atoms with Gasteiger partial charge >= 0.3 is 0 Å². The highest BCUT2D eigenvalue weighted by atomic mass is 32.2. The number of benzene rings is 1. The molecule has 0 saturated carbocycles. The molecule has 2 fully saturated rings. The quantitative estimate of drug-likeness (QED) is 0.645. The van der Waals surface area contributed by atoms with Crippen molar-refractivity contribution in [3.63, 3.8) is 0 Å². The Morgan fingerprint density at radius 3 is 2.45 bits per heavy atom. The second-order valence-electron chi connectivity index (χ2n) is 8.87. The Kier molecular flexibility index (Phi) is 7.21. The van der Waals surface area contributed by atoms with Gasteiger partial charge in [-0.3, -0.25) is 9.59 Å². The Bertz CT molecular complexity index is 1080. The highest BCUT2D eigenvalue weighted by molar-refractivity contribution is 7.89. The van der Waals surface area contributed by atoms with E-state index < -0.39 is 15.9 Å². The van der Waals surface area contributed by atoms with Crippen LogP contribution in [-0.4, -0.2) is 49.4 Å². The molecule has 178 valence electrons. The van der Waals surface area contributed by atoms with E-state index in [1.807, 2.05) is 55.6 Å². The minimum absolute atomic E-state index is 0.0575. The Morgan fingerprint density at radius 2 is 1.85 bits per heavy atom. The third kappa shape index (κ3) is 5.15. The fourth-order valence-electron chi connectivity index (χ4n) is 4.74. The summed E-state index contributed by atoms with van der Waals surface area (Å²) in [6.45, 7) is 4.69. The van der Waals surface area contributed by atoms with E-state index in [2.05, 4.69) is 5.32 Å². The molecule has 3 heterocycles. The first-order chi connectivity index (χ1) is 15.8. The van der Waals surface area contributed by atoms with Gasteiger partial charge in [-0.25, -0.2) is 12.7 Å². The van der Waals surface area contributed by atoms with Gasteiger partial charge in [0.05, 0.1) is 17.7 Å². The molecular weight excluding hydrogens is 458 g/mol. The first-order valence-electron chi connectivity index (χ1n) is 11.5. The molecule has 0 bridgehead atoms. The summed E-state index contributed by atoms with van der Waals surface area (Å²) in [7, 11) is -3.22. The Balaban J connectivity index is 1.48. The molecule has 0 aliphatic carbocycles. The molecule has 7 nitrogen and oxygen atoms in total. The number of carbonyl (C=O) groups is 2. The molecule has 2 unspecified atom stereocenters. The molecule has 2 atom stereocenters. The molecule has 9 heteroatoms. The SMILES string of the molecule is CCCS(=O)(=O)N1CCC(NC(=O)C2CC(=O)N(c3ccc(C)cc3)C2c2cccs2)CC1. The van der Waals surface area contributed by atoms with E-state index in [0.29, 0.717) is 32.4 Å². The summed E-state index contributed by atoms with van der Waals surface area (Å²) in [5, 5.41) is 5.09. The van der Waals surface area contributed by atoms with Crippen molar-refractivity contribution in [1.82, 2.24) is 9.62 Å².